The molecule has 0 bridgehead atoms. The van der Waals surface area contributed by atoms with Crippen molar-refractivity contribution in [3.63, 3.8) is 0 Å². The molecule has 0 radical (unpaired) electrons. The van der Waals surface area contributed by atoms with Crippen LogP contribution >= 0.6 is 0 Å². The molecule has 0 unspecified atom stereocenters. The van der Waals surface area contributed by atoms with E-state index in [2.05, 4.69) is 6.58 Å². The molecule has 0 amide bonds. The van der Waals surface area contributed by atoms with Crippen molar-refractivity contribution in [2.45, 2.75) is 0 Å². The number of rotatable bonds is 4. The van der Waals surface area contributed by atoms with E-state index in [0.717, 1.165) is 11.6 Å². The fourth-order valence-electron chi connectivity index (χ4n) is 2.03. The van der Waals surface area contributed by atoms with Gasteiger partial charge < -0.3 is 10.2 Å². The number of carbonyl (C=O) groups is 2. The molecule has 2 aromatic rings. The topological polar surface area (TPSA) is 74.6 Å². The summed E-state index contributed by atoms with van der Waals surface area (Å²) in [5.41, 5.74) is 1.56. The molecule has 100 valence electrons. The summed E-state index contributed by atoms with van der Waals surface area (Å²) in [5, 5.41) is 18.3. The molecule has 0 heterocycles. The van der Waals surface area contributed by atoms with E-state index in [4.69, 9.17) is 5.11 Å². The molecule has 2 N–H and O–H groups in total. The summed E-state index contributed by atoms with van der Waals surface area (Å²) in [4.78, 5) is 22.4. The molecule has 20 heavy (non-hydrogen) atoms. The zero-order valence-electron chi connectivity index (χ0n) is 10.5. The Hall–Kier alpha value is -2.88. The summed E-state index contributed by atoms with van der Waals surface area (Å²) < 4.78 is 0. The normalized spacial score (nSPS) is 10.0. The minimum atomic E-state index is -1.18. The van der Waals surface area contributed by atoms with Gasteiger partial charge in [0.2, 0.25) is 0 Å². The van der Waals surface area contributed by atoms with Crippen molar-refractivity contribution in [1.82, 2.24) is 0 Å². The number of carboxylic acid groups (broad SMARTS) is 2. The average molecular weight is 268 g/mol. The van der Waals surface area contributed by atoms with Crippen LogP contribution in [0.25, 0.3) is 17.2 Å². The van der Waals surface area contributed by atoms with Gasteiger partial charge in [-0.1, -0.05) is 43.0 Å². The fourth-order valence-corrected chi connectivity index (χ4v) is 2.03. The third-order valence-corrected chi connectivity index (χ3v) is 2.95. The Morgan fingerprint density at radius 1 is 1.00 bits per heavy atom. The molecule has 2 rings (SSSR count). The third-order valence-electron chi connectivity index (χ3n) is 2.95. The highest BCUT2D eigenvalue weighted by molar-refractivity contribution is 6.00. The van der Waals surface area contributed by atoms with Crippen molar-refractivity contribution >= 4 is 18.0 Å². The Labute approximate surface area is 115 Å². The number of hydrogen-bond acceptors (Lipinski definition) is 2. The van der Waals surface area contributed by atoms with Crippen molar-refractivity contribution in [3.8, 4) is 11.1 Å². The second-order valence-electron chi connectivity index (χ2n) is 4.17. The van der Waals surface area contributed by atoms with E-state index in [1.165, 1.54) is 12.1 Å². The van der Waals surface area contributed by atoms with Gasteiger partial charge in [-0.2, -0.15) is 0 Å². The molecular formula is C16H12O4. The number of hydrogen-bond donors (Lipinski definition) is 2. The maximum Gasteiger partial charge on any atom is 0.336 e. The van der Waals surface area contributed by atoms with Gasteiger partial charge in [-0.3, -0.25) is 0 Å². The Kier molecular flexibility index (Phi) is 3.66. The monoisotopic (exact) mass is 268 g/mol. The number of aromatic carboxylic acids is 2. The van der Waals surface area contributed by atoms with E-state index in [9.17, 15) is 14.7 Å². The van der Waals surface area contributed by atoms with Crippen LogP contribution in [0.1, 0.15) is 26.3 Å². The van der Waals surface area contributed by atoms with Crippen LogP contribution in [0.4, 0.5) is 0 Å². The smallest absolute Gasteiger partial charge is 0.336 e. The van der Waals surface area contributed by atoms with E-state index >= 15 is 0 Å². The lowest BCUT2D eigenvalue weighted by Crippen LogP contribution is -2.06. The van der Waals surface area contributed by atoms with Crippen LogP contribution in [-0.2, 0) is 0 Å². The van der Waals surface area contributed by atoms with E-state index in [-0.39, 0.29) is 11.1 Å². The minimum Gasteiger partial charge on any atom is -0.478 e. The lowest BCUT2D eigenvalue weighted by atomic mass is 9.93. The summed E-state index contributed by atoms with van der Waals surface area (Å²) in [6.07, 6.45) is 1.43. The molecule has 2 aromatic carbocycles. The van der Waals surface area contributed by atoms with Crippen molar-refractivity contribution < 1.29 is 19.8 Å². The van der Waals surface area contributed by atoms with Crippen LogP contribution in [0.15, 0.2) is 49.0 Å². The Morgan fingerprint density at radius 3 is 2.15 bits per heavy atom. The van der Waals surface area contributed by atoms with E-state index < -0.39 is 11.9 Å². The van der Waals surface area contributed by atoms with Crippen LogP contribution in [0.2, 0.25) is 0 Å². The van der Waals surface area contributed by atoms with E-state index in [1.54, 1.807) is 24.3 Å². The molecule has 0 aromatic heterocycles. The van der Waals surface area contributed by atoms with Crippen molar-refractivity contribution in [1.29, 1.82) is 0 Å². The highest BCUT2D eigenvalue weighted by Gasteiger charge is 2.17. The lowest BCUT2D eigenvalue weighted by molar-refractivity contribution is 0.0695. The molecule has 0 atom stereocenters. The molecular weight excluding hydrogens is 256 g/mol. The van der Waals surface area contributed by atoms with Crippen LogP contribution in [0, 0.1) is 0 Å². The predicted octanol–water partition coefficient (Wildman–Crippen LogP) is 3.39. The fraction of sp³-hybridized carbons (Fsp3) is 0. The van der Waals surface area contributed by atoms with Gasteiger partial charge in [0.15, 0.2) is 0 Å². The van der Waals surface area contributed by atoms with Gasteiger partial charge in [-0.15, -0.1) is 0 Å². The first kappa shape index (κ1) is 13.5. The quantitative estimate of drug-likeness (QED) is 0.891. The maximum absolute atomic E-state index is 11.3. The van der Waals surface area contributed by atoms with E-state index in [0.29, 0.717) is 11.1 Å². The third kappa shape index (κ3) is 2.44. The summed E-state index contributed by atoms with van der Waals surface area (Å²) in [6, 6.07) is 11.6. The molecule has 0 saturated carbocycles. The summed E-state index contributed by atoms with van der Waals surface area (Å²) in [7, 11) is 0. The molecule has 4 heteroatoms. The van der Waals surface area contributed by atoms with Gasteiger partial charge in [0.1, 0.15) is 0 Å². The zero-order valence-corrected chi connectivity index (χ0v) is 10.5. The summed E-state index contributed by atoms with van der Waals surface area (Å²) >= 11 is 0. The van der Waals surface area contributed by atoms with Gasteiger partial charge in [0.05, 0.1) is 11.1 Å². The number of carboxylic acids is 2. The lowest BCUT2D eigenvalue weighted by Gasteiger charge is -2.11. The first-order chi connectivity index (χ1) is 9.54. The van der Waals surface area contributed by atoms with Gasteiger partial charge in [0, 0.05) is 0 Å². The Balaban J connectivity index is 2.80. The Morgan fingerprint density at radius 2 is 1.65 bits per heavy atom. The van der Waals surface area contributed by atoms with Crippen LogP contribution in [0.5, 0.6) is 0 Å². The minimum absolute atomic E-state index is 0.0631. The maximum atomic E-state index is 11.3. The van der Waals surface area contributed by atoms with Crippen molar-refractivity contribution in [2.24, 2.45) is 0 Å². The summed E-state index contributed by atoms with van der Waals surface area (Å²) in [5.74, 6) is -2.35. The summed E-state index contributed by atoms with van der Waals surface area (Å²) in [6.45, 7) is 3.62. The molecule has 0 fully saturated rings. The van der Waals surface area contributed by atoms with Gasteiger partial charge >= 0.3 is 11.9 Å². The predicted molar refractivity (Wildman–Crippen MR) is 75.9 cm³/mol. The molecule has 0 saturated heterocycles. The van der Waals surface area contributed by atoms with Crippen LogP contribution < -0.4 is 0 Å². The first-order valence-corrected chi connectivity index (χ1v) is 5.87. The second kappa shape index (κ2) is 5.40. The SMILES string of the molecule is C=Cc1c(C(=O)O)cc(C(=O)O)cc1-c1ccccc1. The highest BCUT2D eigenvalue weighted by atomic mass is 16.4. The van der Waals surface area contributed by atoms with E-state index in [1.807, 2.05) is 6.07 Å². The van der Waals surface area contributed by atoms with Crippen molar-refractivity contribution in [3.05, 3.63) is 65.7 Å². The largest absolute Gasteiger partial charge is 0.478 e. The molecule has 0 aliphatic carbocycles. The second-order valence-corrected chi connectivity index (χ2v) is 4.17. The van der Waals surface area contributed by atoms with Gasteiger partial charge in [-0.25, -0.2) is 9.59 Å². The van der Waals surface area contributed by atoms with Crippen LogP contribution in [0.3, 0.4) is 0 Å². The first-order valence-electron chi connectivity index (χ1n) is 5.87. The highest BCUT2D eigenvalue weighted by Crippen LogP contribution is 2.29. The molecule has 0 spiro atoms. The Bertz CT molecular complexity index is 687. The van der Waals surface area contributed by atoms with Gasteiger partial charge in [0.25, 0.3) is 0 Å². The van der Waals surface area contributed by atoms with Gasteiger partial charge in [-0.05, 0) is 28.8 Å². The average Bonchev–Trinajstić information content (AvgIpc) is 2.46. The molecule has 0 aliphatic heterocycles. The van der Waals surface area contributed by atoms with Crippen LogP contribution in [-0.4, -0.2) is 22.2 Å². The molecule has 4 nitrogen and oxygen atoms in total. The standard InChI is InChI=1S/C16H12O4/c1-2-12-13(10-6-4-3-5-7-10)8-11(15(17)18)9-14(12)16(19)20/h2-9H,1H2,(H,17,18)(H,19,20). The number of benzene rings is 2. The zero-order chi connectivity index (χ0) is 14.7. The van der Waals surface area contributed by atoms with Crippen molar-refractivity contribution in [2.75, 3.05) is 0 Å². The molecule has 0 aliphatic rings.